The van der Waals surface area contributed by atoms with Gasteiger partial charge in [-0.1, -0.05) is 0 Å². The number of amides is 1. The number of nitrogens with zero attached hydrogens (tertiary/aromatic N) is 3. The number of carbonyl (C=O) groups excluding carboxylic acids is 1. The lowest BCUT2D eigenvalue weighted by Gasteiger charge is -2.15. The van der Waals surface area contributed by atoms with Gasteiger partial charge in [0.25, 0.3) is 5.56 Å². The Labute approximate surface area is 133 Å². The van der Waals surface area contributed by atoms with Crippen LogP contribution in [0.3, 0.4) is 0 Å². The maximum Gasteiger partial charge on any atom is 0.330 e. The summed E-state index contributed by atoms with van der Waals surface area (Å²) in [6.45, 7) is 1.29. The lowest BCUT2D eigenvalue weighted by Crippen LogP contribution is -2.41. The van der Waals surface area contributed by atoms with E-state index in [2.05, 4.69) is 4.72 Å². The quantitative estimate of drug-likeness (QED) is 0.623. The van der Waals surface area contributed by atoms with Crippen LogP contribution in [-0.4, -0.2) is 48.0 Å². The van der Waals surface area contributed by atoms with Crippen molar-refractivity contribution in [2.45, 2.75) is 24.2 Å². The van der Waals surface area contributed by atoms with Crippen molar-refractivity contribution in [1.29, 1.82) is 0 Å². The molecule has 1 aliphatic rings. The van der Waals surface area contributed by atoms with Crippen LogP contribution in [0, 0.1) is 0 Å². The molecule has 0 atom stereocenters. The molecule has 0 unspecified atom stereocenters. The van der Waals surface area contributed by atoms with E-state index in [9.17, 15) is 22.8 Å². The Morgan fingerprint density at radius 3 is 2.52 bits per heavy atom. The van der Waals surface area contributed by atoms with Crippen LogP contribution in [-0.2, 0) is 28.9 Å². The zero-order valence-corrected chi connectivity index (χ0v) is 13.9. The fraction of sp³-hybridized carbons (Fsp3) is 0.615. The Morgan fingerprint density at radius 2 is 1.91 bits per heavy atom. The van der Waals surface area contributed by atoms with E-state index in [4.69, 9.17) is 0 Å². The van der Waals surface area contributed by atoms with Crippen LogP contribution in [0.2, 0.25) is 0 Å². The molecule has 0 bridgehead atoms. The number of hydrogen-bond donors (Lipinski definition) is 1. The van der Waals surface area contributed by atoms with Gasteiger partial charge in [0.2, 0.25) is 15.9 Å². The van der Waals surface area contributed by atoms with Crippen molar-refractivity contribution >= 4 is 15.9 Å². The molecule has 23 heavy (non-hydrogen) atoms. The van der Waals surface area contributed by atoms with Gasteiger partial charge < -0.3 is 9.47 Å². The van der Waals surface area contributed by atoms with Gasteiger partial charge in [-0.15, -0.1) is 0 Å². The van der Waals surface area contributed by atoms with Crippen LogP contribution >= 0.6 is 0 Å². The van der Waals surface area contributed by atoms with E-state index in [1.807, 2.05) is 0 Å². The SMILES string of the molecule is Cn1cc(S(=O)(=O)NCCCN2CCCC2=O)c(=O)n(C)c1=O. The number of hydrogen-bond acceptors (Lipinski definition) is 5. The van der Waals surface area contributed by atoms with Gasteiger partial charge in [-0.25, -0.2) is 17.9 Å². The molecule has 128 valence electrons. The molecule has 2 rings (SSSR count). The number of aromatic nitrogens is 2. The summed E-state index contributed by atoms with van der Waals surface area (Å²) >= 11 is 0. The van der Waals surface area contributed by atoms with Crippen LogP contribution in [0.1, 0.15) is 19.3 Å². The van der Waals surface area contributed by atoms with Crippen LogP contribution in [0.25, 0.3) is 0 Å². The average molecular weight is 344 g/mol. The molecule has 9 nitrogen and oxygen atoms in total. The first-order chi connectivity index (χ1) is 10.7. The molecule has 1 saturated heterocycles. The lowest BCUT2D eigenvalue weighted by atomic mass is 10.4. The smallest absolute Gasteiger partial charge is 0.330 e. The Balaban J connectivity index is 2.04. The largest absolute Gasteiger partial charge is 0.343 e. The summed E-state index contributed by atoms with van der Waals surface area (Å²) in [6, 6.07) is 0. The van der Waals surface area contributed by atoms with E-state index in [-0.39, 0.29) is 12.5 Å². The molecule has 0 radical (unpaired) electrons. The highest BCUT2D eigenvalue weighted by Crippen LogP contribution is 2.09. The molecule has 0 aromatic carbocycles. The minimum atomic E-state index is -4.01. The maximum absolute atomic E-state index is 12.2. The summed E-state index contributed by atoms with van der Waals surface area (Å²) in [4.78, 5) is 36.2. The van der Waals surface area contributed by atoms with E-state index < -0.39 is 26.2 Å². The molecule has 1 fully saturated rings. The van der Waals surface area contributed by atoms with E-state index in [1.54, 1.807) is 4.90 Å². The fourth-order valence-electron chi connectivity index (χ4n) is 2.45. The van der Waals surface area contributed by atoms with Crippen LogP contribution in [0.5, 0.6) is 0 Å². The van der Waals surface area contributed by atoms with Gasteiger partial charge in [0, 0.05) is 46.3 Å². The van der Waals surface area contributed by atoms with Gasteiger partial charge in [-0.3, -0.25) is 14.2 Å². The van der Waals surface area contributed by atoms with Crippen molar-refractivity contribution in [2.24, 2.45) is 14.1 Å². The van der Waals surface area contributed by atoms with Gasteiger partial charge in [-0.05, 0) is 12.8 Å². The van der Waals surface area contributed by atoms with E-state index in [0.717, 1.165) is 21.8 Å². The number of sulfonamides is 1. The molecule has 0 aliphatic carbocycles. The maximum atomic E-state index is 12.2. The Hall–Kier alpha value is -1.94. The van der Waals surface area contributed by atoms with E-state index in [1.165, 1.54) is 14.1 Å². The van der Waals surface area contributed by atoms with Crippen molar-refractivity contribution in [3.05, 3.63) is 27.0 Å². The Morgan fingerprint density at radius 1 is 1.22 bits per heavy atom. The normalized spacial score (nSPS) is 15.4. The number of likely N-dealkylation sites (tertiary alicyclic amines) is 1. The highest BCUT2D eigenvalue weighted by molar-refractivity contribution is 7.89. The average Bonchev–Trinajstić information content (AvgIpc) is 2.90. The summed E-state index contributed by atoms with van der Waals surface area (Å²) in [7, 11) is -1.41. The lowest BCUT2D eigenvalue weighted by molar-refractivity contribution is -0.127. The zero-order chi connectivity index (χ0) is 17.2. The summed E-state index contributed by atoms with van der Waals surface area (Å²) in [5.74, 6) is 0.0831. The molecule has 1 aromatic rings. The van der Waals surface area contributed by atoms with Crippen LogP contribution in [0.4, 0.5) is 0 Å². The first-order valence-corrected chi connectivity index (χ1v) is 8.76. The van der Waals surface area contributed by atoms with Crippen LogP contribution in [0.15, 0.2) is 20.7 Å². The fourth-order valence-corrected chi connectivity index (χ4v) is 3.69. The first kappa shape index (κ1) is 17.4. The van der Waals surface area contributed by atoms with E-state index in [0.29, 0.717) is 25.9 Å². The van der Waals surface area contributed by atoms with Crippen molar-refractivity contribution < 1.29 is 13.2 Å². The molecule has 10 heteroatoms. The molecule has 1 N–H and O–H groups in total. The zero-order valence-electron chi connectivity index (χ0n) is 13.1. The first-order valence-electron chi connectivity index (χ1n) is 7.28. The Bertz CT molecular complexity index is 824. The summed E-state index contributed by atoms with van der Waals surface area (Å²) in [6.07, 6.45) is 2.84. The molecule has 0 spiro atoms. The third kappa shape index (κ3) is 3.70. The Kier molecular flexibility index (Phi) is 5.05. The van der Waals surface area contributed by atoms with Gasteiger partial charge >= 0.3 is 5.69 Å². The predicted octanol–water partition coefficient (Wildman–Crippen LogP) is -1.63. The third-order valence-electron chi connectivity index (χ3n) is 3.77. The second-order valence-corrected chi connectivity index (χ2v) is 7.22. The highest BCUT2D eigenvalue weighted by atomic mass is 32.2. The van der Waals surface area contributed by atoms with Crippen LogP contribution < -0.4 is 16.0 Å². The molecular formula is C13H20N4O5S. The summed E-state index contributed by atoms with van der Waals surface area (Å²) in [5.41, 5.74) is -1.46. The number of carbonyl (C=O) groups is 1. The van der Waals surface area contributed by atoms with Gasteiger partial charge in [0.05, 0.1) is 0 Å². The molecule has 1 aliphatic heterocycles. The minimum Gasteiger partial charge on any atom is -0.343 e. The number of nitrogens with one attached hydrogen (secondary N) is 1. The van der Waals surface area contributed by atoms with Crippen molar-refractivity contribution in [2.75, 3.05) is 19.6 Å². The molecule has 1 amide bonds. The van der Waals surface area contributed by atoms with Crippen molar-refractivity contribution in [1.82, 2.24) is 18.8 Å². The molecule has 0 saturated carbocycles. The van der Waals surface area contributed by atoms with Gasteiger partial charge in [-0.2, -0.15) is 0 Å². The monoisotopic (exact) mass is 344 g/mol. The summed E-state index contributed by atoms with van der Waals surface area (Å²) < 4.78 is 28.5. The standard InChI is InChI=1S/C13H20N4O5S/c1-15-9-10(12(19)16(2)13(15)20)23(21,22)14-6-4-8-17-7-3-5-11(17)18/h9,14H,3-8H2,1-2H3. The van der Waals surface area contributed by atoms with Crippen molar-refractivity contribution in [3.8, 4) is 0 Å². The summed E-state index contributed by atoms with van der Waals surface area (Å²) in [5, 5.41) is 0. The second kappa shape index (κ2) is 6.67. The predicted molar refractivity (Wildman–Crippen MR) is 82.5 cm³/mol. The van der Waals surface area contributed by atoms with Gasteiger partial charge in [0.15, 0.2) is 4.90 Å². The molecule has 2 heterocycles. The van der Waals surface area contributed by atoms with Gasteiger partial charge in [0.1, 0.15) is 0 Å². The number of rotatable bonds is 6. The molecular weight excluding hydrogens is 324 g/mol. The van der Waals surface area contributed by atoms with Crippen molar-refractivity contribution in [3.63, 3.8) is 0 Å². The number of aryl methyl sites for hydroxylation is 1. The topological polar surface area (TPSA) is 110 Å². The third-order valence-corrected chi connectivity index (χ3v) is 5.22. The minimum absolute atomic E-state index is 0.0831. The highest BCUT2D eigenvalue weighted by Gasteiger charge is 2.22. The van der Waals surface area contributed by atoms with E-state index >= 15 is 0 Å². The molecule has 1 aromatic heterocycles. The second-order valence-electron chi connectivity index (χ2n) is 5.49.